The number of hydrogen-bond acceptors (Lipinski definition) is 5. The maximum Gasteiger partial charge on any atom is 0.166 e. The van der Waals surface area contributed by atoms with Crippen LogP contribution in [0.25, 0.3) is 22.6 Å². The summed E-state index contributed by atoms with van der Waals surface area (Å²) in [5.41, 5.74) is 10.4. The highest BCUT2D eigenvalue weighted by Crippen LogP contribution is 2.33. The van der Waals surface area contributed by atoms with Crippen molar-refractivity contribution < 1.29 is 9.13 Å². The van der Waals surface area contributed by atoms with Gasteiger partial charge in [-0.1, -0.05) is 0 Å². The van der Waals surface area contributed by atoms with E-state index in [1.165, 1.54) is 12.1 Å². The molecular formula is C21H19FN6O. The molecule has 4 aromatic rings. The molecule has 0 atom stereocenters. The molecule has 0 fully saturated rings. The highest BCUT2D eigenvalue weighted by Gasteiger charge is 2.20. The van der Waals surface area contributed by atoms with Gasteiger partial charge in [0.1, 0.15) is 18.2 Å². The van der Waals surface area contributed by atoms with E-state index in [9.17, 15) is 4.39 Å². The van der Waals surface area contributed by atoms with E-state index in [0.29, 0.717) is 17.9 Å². The number of nitrogens with zero attached hydrogens (tertiary/aromatic N) is 5. The Labute approximate surface area is 166 Å². The second-order valence-corrected chi connectivity index (χ2v) is 6.91. The Kier molecular flexibility index (Phi) is 4.04. The second kappa shape index (κ2) is 6.73. The van der Waals surface area contributed by atoms with Gasteiger partial charge >= 0.3 is 0 Å². The van der Waals surface area contributed by atoms with Gasteiger partial charge in [-0.3, -0.25) is 4.68 Å². The van der Waals surface area contributed by atoms with Gasteiger partial charge in [0.05, 0.1) is 18.4 Å². The molecule has 0 saturated carbocycles. The molecule has 0 radical (unpaired) electrons. The van der Waals surface area contributed by atoms with Crippen molar-refractivity contribution in [3.63, 3.8) is 0 Å². The first-order valence-electron chi connectivity index (χ1n) is 9.37. The number of anilines is 1. The van der Waals surface area contributed by atoms with E-state index in [0.717, 1.165) is 34.8 Å². The Hall–Kier alpha value is -3.68. The molecule has 5 rings (SSSR count). The van der Waals surface area contributed by atoms with E-state index in [-0.39, 0.29) is 18.2 Å². The summed E-state index contributed by atoms with van der Waals surface area (Å²) in [6.45, 7) is 3.48. The Bertz CT molecular complexity index is 1210. The standard InChI is InChI=1S/C21H19FN6O/c1-2-28-19-13-8-18(20(23)25-9-13)29-12-14-7-16(22)3-4-17(14)21-24-5-6-27(21)11-15(19)10-26-28/h3-10H,2,11-12H2,1H3,(H2,23,25). The number of aryl methyl sites for hydroxylation is 1. The highest BCUT2D eigenvalue weighted by molar-refractivity contribution is 5.68. The molecule has 1 aliphatic heterocycles. The van der Waals surface area contributed by atoms with Crippen LogP contribution in [-0.2, 0) is 19.7 Å². The number of benzene rings is 1. The number of fused-ring (bicyclic) bond motifs is 7. The lowest BCUT2D eigenvalue weighted by Crippen LogP contribution is -2.09. The summed E-state index contributed by atoms with van der Waals surface area (Å²) in [4.78, 5) is 8.83. The zero-order valence-corrected chi connectivity index (χ0v) is 15.8. The number of aromatic nitrogens is 5. The van der Waals surface area contributed by atoms with Gasteiger partial charge in [0.25, 0.3) is 0 Å². The van der Waals surface area contributed by atoms with Gasteiger partial charge in [-0.05, 0) is 31.2 Å². The van der Waals surface area contributed by atoms with Gasteiger partial charge < -0.3 is 15.0 Å². The summed E-state index contributed by atoms with van der Waals surface area (Å²) in [5, 5.41) is 4.53. The predicted molar refractivity (Wildman–Crippen MR) is 107 cm³/mol. The first kappa shape index (κ1) is 17.4. The van der Waals surface area contributed by atoms with E-state index in [1.54, 1.807) is 18.5 Å². The van der Waals surface area contributed by atoms with Crippen molar-refractivity contribution in [3.8, 4) is 28.4 Å². The fraction of sp³-hybridized carbons (Fsp3) is 0.190. The largest absolute Gasteiger partial charge is 0.485 e. The molecule has 4 heterocycles. The number of halogens is 1. The molecule has 2 bridgehead atoms. The number of hydrogen-bond donors (Lipinski definition) is 1. The minimum Gasteiger partial charge on any atom is -0.485 e. The molecule has 29 heavy (non-hydrogen) atoms. The van der Waals surface area contributed by atoms with Crippen LogP contribution >= 0.6 is 0 Å². The topological polar surface area (TPSA) is 83.8 Å². The molecule has 3 aromatic heterocycles. The summed E-state index contributed by atoms with van der Waals surface area (Å²) >= 11 is 0. The van der Waals surface area contributed by atoms with Crippen molar-refractivity contribution >= 4 is 5.82 Å². The zero-order chi connectivity index (χ0) is 20.0. The van der Waals surface area contributed by atoms with Crippen molar-refractivity contribution in [2.45, 2.75) is 26.6 Å². The Morgan fingerprint density at radius 3 is 2.93 bits per heavy atom. The SMILES string of the molecule is CCn1ncc2c1-c1cnc(N)c(c1)OCc1cc(F)ccc1-c1nccn1C2. The van der Waals surface area contributed by atoms with E-state index < -0.39 is 0 Å². The van der Waals surface area contributed by atoms with Crippen LogP contribution < -0.4 is 10.5 Å². The van der Waals surface area contributed by atoms with Crippen LogP contribution in [-0.4, -0.2) is 24.3 Å². The molecule has 0 saturated heterocycles. The van der Waals surface area contributed by atoms with Gasteiger partial charge in [-0.25, -0.2) is 14.4 Å². The van der Waals surface area contributed by atoms with Crippen LogP contribution in [0.15, 0.2) is 49.1 Å². The van der Waals surface area contributed by atoms with Crippen LogP contribution in [0.5, 0.6) is 5.75 Å². The van der Waals surface area contributed by atoms with Crippen LogP contribution in [0.2, 0.25) is 0 Å². The minimum atomic E-state index is -0.330. The predicted octanol–water partition coefficient (Wildman–Crippen LogP) is 3.49. The molecule has 2 N–H and O–H groups in total. The summed E-state index contributed by atoms with van der Waals surface area (Å²) in [5.74, 6) is 1.16. The number of nitrogen functional groups attached to an aromatic ring is 1. The molecule has 0 amide bonds. The summed E-state index contributed by atoms with van der Waals surface area (Å²) in [6, 6.07) is 6.49. The fourth-order valence-electron chi connectivity index (χ4n) is 3.73. The first-order valence-corrected chi connectivity index (χ1v) is 9.37. The molecule has 7 nitrogen and oxygen atoms in total. The van der Waals surface area contributed by atoms with E-state index >= 15 is 0 Å². The van der Waals surface area contributed by atoms with Crippen LogP contribution in [0.3, 0.4) is 0 Å². The van der Waals surface area contributed by atoms with E-state index in [2.05, 4.69) is 15.1 Å². The summed E-state index contributed by atoms with van der Waals surface area (Å²) < 4.78 is 23.9. The first-order chi connectivity index (χ1) is 14.1. The van der Waals surface area contributed by atoms with Crippen LogP contribution in [0, 0.1) is 5.82 Å². The molecule has 1 aliphatic rings. The molecule has 0 spiro atoms. The third-order valence-corrected chi connectivity index (χ3v) is 5.12. The quantitative estimate of drug-likeness (QED) is 0.538. The number of imidazole rings is 1. The monoisotopic (exact) mass is 390 g/mol. The summed E-state index contributed by atoms with van der Waals surface area (Å²) in [6.07, 6.45) is 7.24. The normalized spacial score (nSPS) is 12.8. The lowest BCUT2D eigenvalue weighted by molar-refractivity contribution is 0.307. The average molecular weight is 390 g/mol. The molecule has 1 aromatic carbocycles. The number of ether oxygens (including phenoxy) is 1. The average Bonchev–Trinajstić information content (AvgIpc) is 3.34. The highest BCUT2D eigenvalue weighted by atomic mass is 19.1. The number of pyridine rings is 1. The number of rotatable bonds is 1. The van der Waals surface area contributed by atoms with Crippen molar-refractivity contribution in [1.82, 2.24) is 24.3 Å². The second-order valence-electron chi connectivity index (χ2n) is 6.91. The van der Waals surface area contributed by atoms with Crippen LogP contribution in [0.1, 0.15) is 18.1 Å². The van der Waals surface area contributed by atoms with Gasteiger partial charge in [0.2, 0.25) is 0 Å². The van der Waals surface area contributed by atoms with Crippen molar-refractivity contribution in [2.75, 3.05) is 5.73 Å². The summed E-state index contributed by atoms with van der Waals surface area (Å²) in [7, 11) is 0. The zero-order valence-electron chi connectivity index (χ0n) is 15.8. The van der Waals surface area contributed by atoms with Crippen molar-refractivity contribution in [1.29, 1.82) is 0 Å². The molecule has 146 valence electrons. The van der Waals surface area contributed by atoms with E-state index in [1.807, 2.05) is 34.6 Å². The van der Waals surface area contributed by atoms with Crippen molar-refractivity contribution in [3.05, 3.63) is 66.0 Å². The third-order valence-electron chi connectivity index (χ3n) is 5.12. The Morgan fingerprint density at radius 2 is 2.07 bits per heavy atom. The number of nitrogens with two attached hydrogens (primary N) is 1. The van der Waals surface area contributed by atoms with E-state index in [4.69, 9.17) is 10.5 Å². The molecular weight excluding hydrogens is 371 g/mol. The lowest BCUT2D eigenvalue weighted by atomic mass is 10.1. The molecule has 8 heteroatoms. The van der Waals surface area contributed by atoms with Gasteiger partial charge in [-0.2, -0.15) is 5.10 Å². The van der Waals surface area contributed by atoms with Gasteiger partial charge in [-0.15, -0.1) is 0 Å². The fourth-order valence-corrected chi connectivity index (χ4v) is 3.73. The van der Waals surface area contributed by atoms with Gasteiger partial charge in [0.15, 0.2) is 11.6 Å². The smallest absolute Gasteiger partial charge is 0.166 e. The lowest BCUT2D eigenvalue weighted by Gasteiger charge is -2.17. The molecule has 0 aliphatic carbocycles. The minimum absolute atomic E-state index is 0.148. The maximum atomic E-state index is 14.0. The maximum absolute atomic E-state index is 14.0. The van der Waals surface area contributed by atoms with Crippen molar-refractivity contribution in [2.24, 2.45) is 0 Å². The van der Waals surface area contributed by atoms with Crippen LogP contribution in [0.4, 0.5) is 10.2 Å². The Morgan fingerprint density at radius 1 is 1.17 bits per heavy atom. The molecule has 0 unspecified atom stereocenters. The Balaban J connectivity index is 1.76. The van der Waals surface area contributed by atoms with Gasteiger partial charge in [0, 0.05) is 47.4 Å². The third kappa shape index (κ3) is 2.93.